The fourth-order valence-electron chi connectivity index (χ4n) is 2.45. The van der Waals surface area contributed by atoms with Crippen LogP contribution >= 0.6 is 0 Å². The van der Waals surface area contributed by atoms with Gasteiger partial charge in [-0.1, -0.05) is 12.1 Å². The van der Waals surface area contributed by atoms with Gasteiger partial charge in [-0.15, -0.1) is 0 Å². The minimum atomic E-state index is -0.999. The van der Waals surface area contributed by atoms with Gasteiger partial charge in [0, 0.05) is 6.08 Å². The standard InChI is InChI=1S/C19H20N2O7/c1-4-27-14(22)10-11(18(24)28-5-2)15(19(25)26-3)16-17(23)21-13-9-7-6-8-12(13)20-16/h6-10,20H,4-5H2,1-3H3,(H,21,23)/b11-10+,16-15+. The van der Waals surface area contributed by atoms with E-state index in [1.54, 1.807) is 38.1 Å². The second-order valence-electron chi connectivity index (χ2n) is 5.40. The zero-order chi connectivity index (χ0) is 20.7. The van der Waals surface area contributed by atoms with Crippen molar-refractivity contribution in [2.75, 3.05) is 31.0 Å². The molecular formula is C19H20N2O7. The van der Waals surface area contributed by atoms with Crippen molar-refractivity contribution in [2.24, 2.45) is 0 Å². The van der Waals surface area contributed by atoms with Crippen molar-refractivity contribution in [3.8, 4) is 0 Å². The van der Waals surface area contributed by atoms with E-state index in [9.17, 15) is 19.2 Å². The molecule has 28 heavy (non-hydrogen) atoms. The third-order valence-corrected chi connectivity index (χ3v) is 3.61. The third kappa shape index (κ3) is 4.56. The van der Waals surface area contributed by atoms with E-state index in [1.165, 1.54) is 0 Å². The molecular weight excluding hydrogens is 368 g/mol. The van der Waals surface area contributed by atoms with Crippen molar-refractivity contribution < 1.29 is 33.4 Å². The first-order valence-electron chi connectivity index (χ1n) is 8.48. The Hall–Kier alpha value is -3.62. The van der Waals surface area contributed by atoms with Gasteiger partial charge >= 0.3 is 17.9 Å². The maximum atomic E-state index is 12.6. The van der Waals surface area contributed by atoms with Crippen LogP contribution < -0.4 is 10.6 Å². The maximum absolute atomic E-state index is 12.6. The molecule has 148 valence electrons. The number of anilines is 2. The predicted octanol–water partition coefficient (Wildman–Crippen LogP) is 1.53. The SMILES string of the molecule is CCOC(=O)/C=C(C(=O)OCC)\C(C(=O)OC)=C1/Nc2ccccc2NC1=O. The zero-order valence-corrected chi connectivity index (χ0v) is 15.7. The predicted molar refractivity (Wildman–Crippen MR) is 99.1 cm³/mol. The van der Waals surface area contributed by atoms with Gasteiger partial charge in [0.25, 0.3) is 5.91 Å². The molecule has 0 spiro atoms. The summed E-state index contributed by atoms with van der Waals surface area (Å²) in [5, 5.41) is 5.42. The van der Waals surface area contributed by atoms with E-state index in [0.29, 0.717) is 11.4 Å². The molecule has 2 N–H and O–H groups in total. The largest absolute Gasteiger partial charge is 0.465 e. The quantitative estimate of drug-likeness (QED) is 0.428. The Morgan fingerprint density at radius 1 is 0.964 bits per heavy atom. The van der Waals surface area contributed by atoms with Gasteiger partial charge in [-0.3, -0.25) is 4.79 Å². The van der Waals surface area contributed by atoms with Gasteiger partial charge in [0.1, 0.15) is 11.3 Å². The Labute approximate surface area is 161 Å². The average Bonchev–Trinajstić information content (AvgIpc) is 2.67. The Balaban J connectivity index is 2.66. The lowest BCUT2D eigenvalue weighted by molar-refractivity contribution is -0.142. The number of amides is 1. The minimum Gasteiger partial charge on any atom is -0.465 e. The molecule has 0 saturated carbocycles. The molecule has 1 aromatic carbocycles. The summed E-state index contributed by atoms with van der Waals surface area (Å²) in [6, 6.07) is 6.78. The van der Waals surface area contributed by atoms with Crippen LogP contribution in [0.25, 0.3) is 0 Å². The van der Waals surface area contributed by atoms with E-state index in [0.717, 1.165) is 13.2 Å². The topological polar surface area (TPSA) is 120 Å². The number of carbonyl (C=O) groups is 4. The number of rotatable bonds is 6. The molecule has 0 radical (unpaired) electrons. The number of esters is 3. The molecule has 0 unspecified atom stereocenters. The maximum Gasteiger partial charge on any atom is 0.341 e. The summed E-state index contributed by atoms with van der Waals surface area (Å²) in [7, 11) is 1.09. The first-order valence-corrected chi connectivity index (χ1v) is 8.48. The van der Waals surface area contributed by atoms with Crippen LogP contribution in [0.1, 0.15) is 13.8 Å². The van der Waals surface area contributed by atoms with Crippen LogP contribution in [0.3, 0.4) is 0 Å². The van der Waals surface area contributed by atoms with Crippen molar-refractivity contribution in [1.29, 1.82) is 0 Å². The summed E-state index contributed by atoms with van der Waals surface area (Å²) < 4.78 is 14.5. The highest BCUT2D eigenvalue weighted by atomic mass is 16.5. The number of hydrogen-bond donors (Lipinski definition) is 2. The lowest BCUT2D eigenvalue weighted by Crippen LogP contribution is -2.31. The lowest BCUT2D eigenvalue weighted by Gasteiger charge is -2.23. The number of ether oxygens (including phenoxy) is 3. The number of nitrogens with one attached hydrogen (secondary N) is 2. The van der Waals surface area contributed by atoms with Crippen LogP contribution in [-0.4, -0.2) is 44.1 Å². The van der Waals surface area contributed by atoms with Gasteiger partial charge in [-0.2, -0.15) is 0 Å². The Morgan fingerprint density at radius 2 is 1.57 bits per heavy atom. The molecule has 9 heteroatoms. The van der Waals surface area contributed by atoms with Gasteiger partial charge < -0.3 is 24.8 Å². The molecule has 0 fully saturated rings. The molecule has 1 aliphatic rings. The molecule has 0 aromatic heterocycles. The minimum absolute atomic E-state index is 0.00869. The van der Waals surface area contributed by atoms with E-state index < -0.39 is 35.0 Å². The van der Waals surface area contributed by atoms with Crippen LogP contribution in [0, 0.1) is 0 Å². The molecule has 0 aliphatic carbocycles. The van der Waals surface area contributed by atoms with Gasteiger partial charge in [-0.05, 0) is 26.0 Å². The molecule has 1 amide bonds. The van der Waals surface area contributed by atoms with Gasteiger partial charge in [-0.25, -0.2) is 14.4 Å². The summed E-state index contributed by atoms with van der Waals surface area (Å²) in [5.74, 6) is -3.53. The number of carbonyl (C=O) groups excluding carboxylic acids is 4. The number of methoxy groups -OCH3 is 1. The van der Waals surface area contributed by atoms with E-state index in [1.807, 2.05) is 0 Å². The number of fused-ring (bicyclic) bond motifs is 1. The van der Waals surface area contributed by atoms with Crippen LogP contribution in [0.15, 0.2) is 47.2 Å². The second-order valence-corrected chi connectivity index (χ2v) is 5.40. The molecule has 0 atom stereocenters. The molecule has 1 aliphatic heterocycles. The van der Waals surface area contributed by atoms with Gasteiger partial charge in [0.05, 0.1) is 37.3 Å². The number of benzene rings is 1. The average molecular weight is 388 g/mol. The summed E-state index contributed by atoms with van der Waals surface area (Å²) >= 11 is 0. The molecule has 1 aromatic rings. The Bertz CT molecular complexity index is 871. The fraction of sp³-hybridized carbons (Fsp3) is 0.263. The Kier molecular flexibility index (Phi) is 6.91. The van der Waals surface area contributed by atoms with E-state index >= 15 is 0 Å². The van der Waals surface area contributed by atoms with Crippen molar-refractivity contribution in [3.63, 3.8) is 0 Å². The first kappa shape index (κ1) is 20.7. The Morgan fingerprint density at radius 3 is 2.14 bits per heavy atom. The molecule has 9 nitrogen and oxygen atoms in total. The van der Waals surface area contributed by atoms with Crippen molar-refractivity contribution >= 4 is 35.2 Å². The van der Waals surface area contributed by atoms with E-state index in [2.05, 4.69) is 10.6 Å². The molecule has 0 bridgehead atoms. The number of hydrogen-bond acceptors (Lipinski definition) is 8. The van der Waals surface area contributed by atoms with Gasteiger partial charge in [0.2, 0.25) is 0 Å². The van der Waals surface area contributed by atoms with E-state index in [-0.39, 0.29) is 18.9 Å². The summed E-state index contributed by atoms with van der Waals surface area (Å²) in [6.45, 7) is 3.20. The lowest BCUT2D eigenvalue weighted by atomic mass is 10.0. The molecule has 0 saturated heterocycles. The van der Waals surface area contributed by atoms with Crippen molar-refractivity contribution in [3.05, 3.63) is 47.2 Å². The normalized spacial score (nSPS) is 14.8. The van der Waals surface area contributed by atoms with Crippen LogP contribution in [0.5, 0.6) is 0 Å². The highest BCUT2D eigenvalue weighted by Gasteiger charge is 2.33. The third-order valence-electron chi connectivity index (χ3n) is 3.61. The van der Waals surface area contributed by atoms with E-state index in [4.69, 9.17) is 14.2 Å². The van der Waals surface area contributed by atoms with Crippen LogP contribution in [0.2, 0.25) is 0 Å². The summed E-state index contributed by atoms with van der Waals surface area (Å²) in [5.41, 5.74) is -0.162. The highest BCUT2D eigenvalue weighted by Crippen LogP contribution is 2.30. The van der Waals surface area contributed by atoms with Crippen LogP contribution in [0.4, 0.5) is 11.4 Å². The summed E-state index contributed by atoms with van der Waals surface area (Å²) in [6.07, 6.45) is 0.802. The fourth-order valence-corrected chi connectivity index (χ4v) is 2.45. The van der Waals surface area contributed by atoms with Crippen molar-refractivity contribution in [2.45, 2.75) is 13.8 Å². The molecule has 1 heterocycles. The van der Waals surface area contributed by atoms with Crippen LogP contribution in [-0.2, 0) is 33.4 Å². The van der Waals surface area contributed by atoms with Gasteiger partial charge in [0.15, 0.2) is 0 Å². The summed E-state index contributed by atoms with van der Waals surface area (Å²) in [4.78, 5) is 49.4. The second kappa shape index (κ2) is 9.36. The highest BCUT2D eigenvalue weighted by molar-refractivity contribution is 6.20. The van der Waals surface area contributed by atoms with Crippen molar-refractivity contribution in [1.82, 2.24) is 0 Å². The first-order chi connectivity index (χ1) is 13.4. The monoisotopic (exact) mass is 388 g/mol. The zero-order valence-electron chi connectivity index (χ0n) is 15.7. The smallest absolute Gasteiger partial charge is 0.341 e. The molecule has 2 rings (SSSR count). The number of para-hydroxylation sites is 2.